The van der Waals surface area contributed by atoms with Crippen molar-refractivity contribution in [3.63, 3.8) is 0 Å². The molecule has 1 atom stereocenters. The highest BCUT2D eigenvalue weighted by Crippen LogP contribution is 2.22. The Bertz CT molecular complexity index is 556. The molecule has 16 heavy (non-hydrogen) atoms. The summed E-state index contributed by atoms with van der Waals surface area (Å²) in [5, 5.41) is 0. The van der Waals surface area contributed by atoms with Gasteiger partial charge in [-0.3, -0.25) is 0 Å². The summed E-state index contributed by atoms with van der Waals surface area (Å²) in [6.07, 6.45) is 2.05. The van der Waals surface area contributed by atoms with Crippen LogP contribution in [0.1, 0.15) is 24.2 Å². The molecule has 1 unspecified atom stereocenters. The first-order chi connectivity index (χ1) is 7.58. The molecule has 0 bridgehead atoms. The van der Waals surface area contributed by atoms with E-state index in [4.69, 9.17) is 12.2 Å². The molecule has 1 heterocycles. The van der Waals surface area contributed by atoms with Crippen molar-refractivity contribution in [3.05, 3.63) is 51.0 Å². The normalized spacial score (nSPS) is 12.7. The van der Waals surface area contributed by atoms with Crippen LogP contribution in [0, 0.1) is 11.7 Å². The van der Waals surface area contributed by atoms with E-state index in [1.807, 2.05) is 25.3 Å². The monoisotopic (exact) mass is 296 g/mol. The van der Waals surface area contributed by atoms with E-state index in [9.17, 15) is 0 Å². The van der Waals surface area contributed by atoms with Gasteiger partial charge in [-0.1, -0.05) is 28.1 Å². The van der Waals surface area contributed by atoms with Gasteiger partial charge in [0.15, 0.2) is 4.77 Å². The summed E-state index contributed by atoms with van der Waals surface area (Å²) in [5.74, 6) is 0. The van der Waals surface area contributed by atoms with E-state index in [1.54, 1.807) is 0 Å². The van der Waals surface area contributed by atoms with Crippen LogP contribution < -0.4 is 0 Å². The SMILES string of the molecule is Cc1cn(C(C)c2cccc(Br)c2)c(=S)[nH]1. The van der Waals surface area contributed by atoms with Crippen LogP contribution in [0.5, 0.6) is 0 Å². The van der Waals surface area contributed by atoms with Gasteiger partial charge in [0.1, 0.15) is 0 Å². The lowest BCUT2D eigenvalue weighted by Gasteiger charge is -2.13. The van der Waals surface area contributed by atoms with E-state index in [0.29, 0.717) is 0 Å². The standard InChI is InChI=1S/C12H13BrN2S/c1-8-7-15(12(16)14-8)9(2)10-4-3-5-11(13)6-10/h3-7,9H,1-2H3,(H,14,16). The van der Waals surface area contributed by atoms with E-state index in [2.05, 4.69) is 44.5 Å². The molecule has 2 aromatic rings. The highest BCUT2D eigenvalue weighted by molar-refractivity contribution is 9.10. The van der Waals surface area contributed by atoms with Crippen molar-refractivity contribution in [2.75, 3.05) is 0 Å². The molecule has 0 fully saturated rings. The number of benzene rings is 1. The van der Waals surface area contributed by atoms with Crippen molar-refractivity contribution in [1.29, 1.82) is 0 Å². The van der Waals surface area contributed by atoms with Crippen LogP contribution in [0.15, 0.2) is 34.9 Å². The molecule has 2 nitrogen and oxygen atoms in total. The van der Waals surface area contributed by atoms with E-state index >= 15 is 0 Å². The number of imidazole rings is 1. The Kier molecular flexibility index (Phi) is 3.30. The second-order valence-electron chi connectivity index (χ2n) is 3.88. The number of rotatable bonds is 2. The molecule has 2 rings (SSSR count). The lowest BCUT2D eigenvalue weighted by Crippen LogP contribution is -2.05. The van der Waals surface area contributed by atoms with Gasteiger partial charge >= 0.3 is 0 Å². The molecular formula is C12H13BrN2S. The molecule has 4 heteroatoms. The van der Waals surface area contributed by atoms with Crippen LogP contribution in [-0.2, 0) is 0 Å². The molecule has 0 spiro atoms. The Balaban J connectivity index is 2.42. The Morgan fingerprint density at radius 1 is 1.44 bits per heavy atom. The lowest BCUT2D eigenvalue weighted by molar-refractivity contribution is 0.629. The molecule has 0 aliphatic carbocycles. The van der Waals surface area contributed by atoms with Gasteiger partial charge in [0.2, 0.25) is 0 Å². The van der Waals surface area contributed by atoms with Crippen molar-refractivity contribution >= 4 is 28.1 Å². The maximum absolute atomic E-state index is 5.28. The third-order valence-electron chi connectivity index (χ3n) is 2.62. The average molecular weight is 297 g/mol. The summed E-state index contributed by atoms with van der Waals surface area (Å²) in [6.45, 7) is 4.16. The minimum absolute atomic E-state index is 0.245. The second-order valence-corrected chi connectivity index (χ2v) is 5.18. The average Bonchev–Trinajstić information content (AvgIpc) is 2.57. The van der Waals surface area contributed by atoms with E-state index in [-0.39, 0.29) is 6.04 Å². The van der Waals surface area contributed by atoms with Crippen LogP contribution in [0.25, 0.3) is 0 Å². The zero-order valence-electron chi connectivity index (χ0n) is 9.20. The molecular weight excluding hydrogens is 284 g/mol. The topological polar surface area (TPSA) is 20.7 Å². The summed E-state index contributed by atoms with van der Waals surface area (Å²) in [4.78, 5) is 3.14. The first-order valence-electron chi connectivity index (χ1n) is 5.11. The quantitative estimate of drug-likeness (QED) is 0.823. The predicted octanol–water partition coefficient (Wildman–Crippen LogP) is 4.23. The fourth-order valence-electron chi connectivity index (χ4n) is 1.75. The largest absolute Gasteiger partial charge is 0.335 e. The van der Waals surface area contributed by atoms with E-state index < -0.39 is 0 Å². The van der Waals surface area contributed by atoms with E-state index in [1.165, 1.54) is 5.56 Å². The molecule has 84 valence electrons. The number of halogens is 1. The molecule has 0 radical (unpaired) electrons. The van der Waals surface area contributed by atoms with Crippen LogP contribution >= 0.6 is 28.1 Å². The first-order valence-corrected chi connectivity index (χ1v) is 6.31. The molecule has 1 N–H and O–H groups in total. The van der Waals surface area contributed by atoms with Gasteiger partial charge in [0.05, 0.1) is 6.04 Å². The zero-order chi connectivity index (χ0) is 11.7. The minimum Gasteiger partial charge on any atom is -0.335 e. The van der Waals surface area contributed by atoms with Gasteiger partial charge < -0.3 is 9.55 Å². The number of aromatic amines is 1. The van der Waals surface area contributed by atoms with E-state index in [0.717, 1.165) is 14.9 Å². The Labute approximate surface area is 108 Å². The lowest BCUT2D eigenvalue weighted by atomic mass is 10.1. The minimum atomic E-state index is 0.245. The third kappa shape index (κ3) is 2.28. The van der Waals surface area contributed by atoms with Crippen molar-refractivity contribution in [3.8, 4) is 0 Å². The van der Waals surface area contributed by atoms with Gasteiger partial charge in [-0.05, 0) is 43.8 Å². The van der Waals surface area contributed by atoms with Gasteiger partial charge in [-0.25, -0.2) is 0 Å². The van der Waals surface area contributed by atoms with Gasteiger partial charge in [-0.15, -0.1) is 0 Å². The summed E-state index contributed by atoms with van der Waals surface area (Å²) in [6, 6.07) is 8.54. The fraction of sp³-hybridized carbons (Fsp3) is 0.250. The highest BCUT2D eigenvalue weighted by Gasteiger charge is 2.09. The third-order valence-corrected chi connectivity index (χ3v) is 3.43. The molecule has 0 aliphatic rings. The Morgan fingerprint density at radius 3 is 2.75 bits per heavy atom. The highest BCUT2D eigenvalue weighted by atomic mass is 79.9. The molecule has 1 aromatic carbocycles. The predicted molar refractivity (Wildman–Crippen MR) is 72.3 cm³/mol. The van der Waals surface area contributed by atoms with Crippen molar-refractivity contribution < 1.29 is 0 Å². The molecule has 0 amide bonds. The molecule has 1 aromatic heterocycles. The zero-order valence-corrected chi connectivity index (χ0v) is 11.6. The Morgan fingerprint density at radius 2 is 2.19 bits per heavy atom. The van der Waals surface area contributed by atoms with Gasteiger partial charge in [0.25, 0.3) is 0 Å². The van der Waals surface area contributed by atoms with Crippen LogP contribution in [-0.4, -0.2) is 9.55 Å². The Hall–Kier alpha value is -0.870. The maximum Gasteiger partial charge on any atom is 0.177 e. The number of hydrogen-bond donors (Lipinski definition) is 1. The smallest absolute Gasteiger partial charge is 0.177 e. The van der Waals surface area contributed by atoms with Crippen molar-refractivity contribution in [2.24, 2.45) is 0 Å². The van der Waals surface area contributed by atoms with Gasteiger partial charge in [-0.2, -0.15) is 0 Å². The summed E-state index contributed by atoms with van der Waals surface area (Å²) in [5.41, 5.74) is 2.33. The number of nitrogens with one attached hydrogen (secondary N) is 1. The summed E-state index contributed by atoms with van der Waals surface area (Å²) in [7, 11) is 0. The van der Waals surface area contributed by atoms with Crippen molar-refractivity contribution in [2.45, 2.75) is 19.9 Å². The molecule has 0 aliphatic heterocycles. The number of aryl methyl sites for hydroxylation is 1. The molecule has 0 saturated heterocycles. The number of H-pyrrole nitrogens is 1. The number of nitrogens with zero attached hydrogens (tertiary/aromatic N) is 1. The summed E-state index contributed by atoms with van der Waals surface area (Å²) >= 11 is 8.76. The van der Waals surface area contributed by atoms with Crippen LogP contribution in [0.3, 0.4) is 0 Å². The fourth-order valence-corrected chi connectivity index (χ4v) is 2.54. The van der Waals surface area contributed by atoms with Crippen LogP contribution in [0.4, 0.5) is 0 Å². The van der Waals surface area contributed by atoms with Gasteiger partial charge in [0, 0.05) is 16.4 Å². The maximum atomic E-state index is 5.28. The van der Waals surface area contributed by atoms with Crippen molar-refractivity contribution in [1.82, 2.24) is 9.55 Å². The summed E-state index contributed by atoms with van der Waals surface area (Å²) < 4.78 is 3.94. The van der Waals surface area contributed by atoms with Crippen LogP contribution in [0.2, 0.25) is 0 Å². The number of hydrogen-bond acceptors (Lipinski definition) is 1. The molecule has 0 saturated carbocycles. The number of aromatic nitrogens is 2. The first kappa shape index (κ1) is 11.6. The second kappa shape index (κ2) is 4.55.